The van der Waals surface area contributed by atoms with E-state index in [-0.39, 0.29) is 12.5 Å². The lowest BCUT2D eigenvalue weighted by Gasteiger charge is -2.16. The van der Waals surface area contributed by atoms with Gasteiger partial charge in [-0.05, 0) is 18.1 Å². The van der Waals surface area contributed by atoms with E-state index >= 15 is 0 Å². The Labute approximate surface area is 128 Å². The molecule has 2 rings (SSSR count). The predicted molar refractivity (Wildman–Crippen MR) is 80.1 cm³/mol. The summed E-state index contributed by atoms with van der Waals surface area (Å²) in [6, 6.07) is 6.64. The van der Waals surface area contributed by atoms with Gasteiger partial charge in [0.05, 0.1) is 12.7 Å². The van der Waals surface area contributed by atoms with Gasteiger partial charge in [-0.1, -0.05) is 37.6 Å². The van der Waals surface area contributed by atoms with E-state index in [1.165, 1.54) is 0 Å². The molecule has 1 atom stereocenters. The SMILES string of the molecule is CC(C)C(NCc1ncc(-c2cccc(Cl)c2)o1)C(=O)O. The molecule has 0 saturated heterocycles. The van der Waals surface area contributed by atoms with Gasteiger partial charge < -0.3 is 9.52 Å². The first-order valence-corrected chi connectivity index (χ1v) is 7.02. The highest BCUT2D eigenvalue weighted by Crippen LogP contribution is 2.23. The van der Waals surface area contributed by atoms with Crippen LogP contribution in [-0.4, -0.2) is 22.1 Å². The molecule has 0 aliphatic heterocycles. The number of aromatic nitrogens is 1. The molecule has 21 heavy (non-hydrogen) atoms. The molecule has 2 aromatic rings. The molecule has 0 spiro atoms. The summed E-state index contributed by atoms with van der Waals surface area (Å²) in [6.45, 7) is 3.95. The highest BCUT2D eigenvalue weighted by molar-refractivity contribution is 6.30. The average Bonchev–Trinajstić information content (AvgIpc) is 2.87. The van der Waals surface area contributed by atoms with Crippen LogP contribution in [0.2, 0.25) is 5.02 Å². The molecule has 1 aromatic heterocycles. The third-order valence-electron chi connectivity index (χ3n) is 3.07. The van der Waals surface area contributed by atoms with Crippen molar-refractivity contribution in [3.05, 3.63) is 41.4 Å². The van der Waals surface area contributed by atoms with Gasteiger partial charge in [0.25, 0.3) is 0 Å². The van der Waals surface area contributed by atoms with E-state index in [0.29, 0.717) is 16.7 Å². The van der Waals surface area contributed by atoms with E-state index in [2.05, 4.69) is 10.3 Å². The Morgan fingerprint density at radius 3 is 2.86 bits per heavy atom. The van der Waals surface area contributed by atoms with E-state index in [4.69, 9.17) is 21.1 Å². The topological polar surface area (TPSA) is 75.4 Å². The number of nitrogens with one attached hydrogen (secondary N) is 1. The van der Waals surface area contributed by atoms with Crippen molar-refractivity contribution in [3.8, 4) is 11.3 Å². The van der Waals surface area contributed by atoms with Crippen molar-refractivity contribution in [1.82, 2.24) is 10.3 Å². The monoisotopic (exact) mass is 308 g/mol. The zero-order valence-corrected chi connectivity index (χ0v) is 12.6. The van der Waals surface area contributed by atoms with Crippen molar-refractivity contribution < 1.29 is 14.3 Å². The van der Waals surface area contributed by atoms with E-state index in [1.807, 2.05) is 26.0 Å². The van der Waals surface area contributed by atoms with E-state index in [9.17, 15) is 4.79 Å². The van der Waals surface area contributed by atoms with Crippen molar-refractivity contribution in [1.29, 1.82) is 0 Å². The fourth-order valence-electron chi connectivity index (χ4n) is 1.97. The lowest BCUT2D eigenvalue weighted by Crippen LogP contribution is -2.40. The summed E-state index contributed by atoms with van der Waals surface area (Å²) >= 11 is 5.93. The summed E-state index contributed by atoms with van der Waals surface area (Å²) in [5.74, 6) is 0.138. The highest BCUT2D eigenvalue weighted by Gasteiger charge is 2.21. The molecular weight excluding hydrogens is 292 g/mol. The first-order valence-electron chi connectivity index (χ1n) is 6.64. The van der Waals surface area contributed by atoms with Crippen LogP contribution in [0, 0.1) is 5.92 Å². The highest BCUT2D eigenvalue weighted by atomic mass is 35.5. The van der Waals surface area contributed by atoms with E-state index in [0.717, 1.165) is 5.56 Å². The third-order valence-corrected chi connectivity index (χ3v) is 3.30. The zero-order chi connectivity index (χ0) is 15.4. The zero-order valence-electron chi connectivity index (χ0n) is 11.8. The Bertz CT molecular complexity index is 625. The Morgan fingerprint density at radius 1 is 1.48 bits per heavy atom. The lowest BCUT2D eigenvalue weighted by molar-refractivity contribution is -0.140. The molecule has 1 heterocycles. The van der Waals surface area contributed by atoms with Gasteiger partial charge in [-0.2, -0.15) is 0 Å². The number of aliphatic carboxylic acids is 1. The first-order chi connectivity index (χ1) is 9.97. The second-order valence-electron chi connectivity index (χ2n) is 5.07. The second-order valence-corrected chi connectivity index (χ2v) is 5.51. The number of carboxylic acid groups (broad SMARTS) is 1. The normalized spacial score (nSPS) is 12.6. The smallest absolute Gasteiger partial charge is 0.320 e. The number of carbonyl (C=O) groups is 1. The molecule has 0 bridgehead atoms. The number of rotatable bonds is 6. The largest absolute Gasteiger partial charge is 0.480 e. The molecule has 1 unspecified atom stereocenters. The molecular formula is C15H17ClN2O3. The van der Waals surface area contributed by atoms with Gasteiger partial charge >= 0.3 is 5.97 Å². The second kappa shape index (κ2) is 6.74. The average molecular weight is 309 g/mol. The van der Waals surface area contributed by atoms with E-state index in [1.54, 1.807) is 18.3 Å². The van der Waals surface area contributed by atoms with Crippen LogP contribution in [0.1, 0.15) is 19.7 Å². The van der Waals surface area contributed by atoms with Crippen LogP contribution in [0.5, 0.6) is 0 Å². The predicted octanol–water partition coefficient (Wildman–Crippen LogP) is 3.19. The van der Waals surface area contributed by atoms with Crippen LogP contribution >= 0.6 is 11.6 Å². The van der Waals surface area contributed by atoms with Crippen molar-refractivity contribution in [3.63, 3.8) is 0 Å². The molecule has 0 amide bonds. The fraction of sp³-hybridized carbons (Fsp3) is 0.333. The number of hydrogen-bond acceptors (Lipinski definition) is 4. The molecule has 6 heteroatoms. The fourth-order valence-corrected chi connectivity index (χ4v) is 2.16. The van der Waals surface area contributed by atoms with Gasteiger partial charge in [0.15, 0.2) is 5.76 Å². The van der Waals surface area contributed by atoms with Crippen molar-refractivity contribution >= 4 is 17.6 Å². The van der Waals surface area contributed by atoms with Crippen molar-refractivity contribution in [2.75, 3.05) is 0 Å². The van der Waals surface area contributed by atoms with Gasteiger partial charge in [-0.15, -0.1) is 0 Å². The van der Waals surface area contributed by atoms with Crippen molar-refractivity contribution in [2.45, 2.75) is 26.4 Å². The van der Waals surface area contributed by atoms with Crippen LogP contribution in [0.3, 0.4) is 0 Å². The Kier molecular flexibility index (Phi) is 4.98. The summed E-state index contributed by atoms with van der Waals surface area (Å²) in [5, 5.41) is 12.7. The summed E-state index contributed by atoms with van der Waals surface area (Å²) in [4.78, 5) is 15.2. The molecule has 112 valence electrons. The number of carboxylic acids is 1. The molecule has 0 radical (unpaired) electrons. The van der Waals surface area contributed by atoms with Gasteiger partial charge in [-0.3, -0.25) is 10.1 Å². The molecule has 5 nitrogen and oxygen atoms in total. The van der Waals surface area contributed by atoms with Gasteiger partial charge in [0.2, 0.25) is 5.89 Å². The summed E-state index contributed by atoms with van der Waals surface area (Å²) in [6.07, 6.45) is 1.60. The van der Waals surface area contributed by atoms with Gasteiger partial charge in [0, 0.05) is 10.6 Å². The standard InChI is InChI=1S/C15H17ClN2O3/c1-9(2)14(15(19)20)18-8-13-17-7-12(21-13)10-4-3-5-11(16)6-10/h3-7,9,14,18H,8H2,1-2H3,(H,19,20). The van der Waals surface area contributed by atoms with Crippen LogP contribution in [0.4, 0.5) is 0 Å². The minimum absolute atomic E-state index is 0.0233. The Morgan fingerprint density at radius 2 is 2.24 bits per heavy atom. The third kappa shape index (κ3) is 4.06. The number of halogens is 1. The first kappa shape index (κ1) is 15.5. The molecule has 0 aliphatic carbocycles. The van der Waals surface area contributed by atoms with Gasteiger partial charge in [0.1, 0.15) is 6.04 Å². The summed E-state index contributed by atoms with van der Waals surface area (Å²) in [5.41, 5.74) is 0.833. The number of hydrogen-bond donors (Lipinski definition) is 2. The maximum atomic E-state index is 11.1. The number of benzene rings is 1. The molecule has 0 saturated carbocycles. The molecule has 0 fully saturated rings. The van der Waals surface area contributed by atoms with Gasteiger partial charge in [-0.25, -0.2) is 4.98 Å². The minimum Gasteiger partial charge on any atom is -0.480 e. The summed E-state index contributed by atoms with van der Waals surface area (Å²) < 4.78 is 5.61. The van der Waals surface area contributed by atoms with Crippen molar-refractivity contribution in [2.24, 2.45) is 5.92 Å². The molecule has 2 N–H and O–H groups in total. The summed E-state index contributed by atoms with van der Waals surface area (Å²) in [7, 11) is 0. The van der Waals surface area contributed by atoms with Crippen LogP contribution < -0.4 is 5.32 Å². The molecule has 1 aromatic carbocycles. The van der Waals surface area contributed by atoms with Crippen LogP contribution in [0.25, 0.3) is 11.3 Å². The number of nitrogens with zero attached hydrogens (tertiary/aromatic N) is 1. The van der Waals surface area contributed by atoms with E-state index < -0.39 is 12.0 Å². The lowest BCUT2D eigenvalue weighted by atomic mass is 10.1. The van der Waals surface area contributed by atoms with Crippen LogP contribution in [0.15, 0.2) is 34.9 Å². The maximum absolute atomic E-state index is 11.1. The maximum Gasteiger partial charge on any atom is 0.320 e. The molecule has 0 aliphatic rings. The number of oxazole rings is 1. The Hall–Kier alpha value is -1.85. The Balaban J connectivity index is 2.05. The van der Waals surface area contributed by atoms with Crippen LogP contribution in [-0.2, 0) is 11.3 Å². The quantitative estimate of drug-likeness (QED) is 0.857. The minimum atomic E-state index is -0.883.